The molecule has 0 saturated heterocycles. The maximum atomic E-state index is 10.8. The predicted octanol–water partition coefficient (Wildman–Crippen LogP) is 0.625. The summed E-state index contributed by atoms with van der Waals surface area (Å²) < 4.78 is 30.7. The van der Waals surface area contributed by atoms with Crippen molar-refractivity contribution in [3.05, 3.63) is 0 Å². The quantitative estimate of drug-likeness (QED) is 0.621. The minimum absolute atomic E-state index is 0.486. The van der Waals surface area contributed by atoms with Crippen molar-refractivity contribution in [3.63, 3.8) is 0 Å². The van der Waals surface area contributed by atoms with Crippen LogP contribution in [0.4, 0.5) is 13.2 Å². The molecule has 0 aromatic carbocycles. The molecule has 0 aromatic rings. The Morgan fingerprint density at radius 2 is 1.57 bits per heavy atom. The molecular weight excluding hydrogens is 256 g/mol. The molecule has 0 radical (unpaired) electrons. The third-order valence-corrected chi connectivity index (χ3v) is 0.816. The zero-order chi connectivity index (χ0) is 6.08. The van der Waals surface area contributed by atoms with Crippen LogP contribution >= 0.6 is 0 Å². The molecule has 0 aliphatic carbocycles. The molecule has 0 aliphatic heterocycles. The van der Waals surface area contributed by atoms with E-state index in [9.17, 15) is 18.0 Å². The fraction of sp³-hybridized carbons (Fsp3) is 0.500. The number of carbonyl (C=O) groups is 1. The Labute approximate surface area is 62.2 Å². The van der Waals surface area contributed by atoms with Gasteiger partial charge in [0.2, 0.25) is 0 Å². The molecule has 0 saturated carbocycles. The number of hydrogen-bond acceptors (Lipinski definition) is 1. The first-order chi connectivity index (χ1) is 2.94. The summed E-state index contributed by atoms with van der Waals surface area (Å²) in [5.74, 6) is 0. The second kappa shape index (κ2) is 2.34. The van der Waals surface area contributed by atoms with Crippen LogP contribution in [0.2, 0.25) is 0 Å². The van der Waals surface area contributed by atoms with E-state index in [1.807, 2.05) is 0 Å². The van der Waals surface area contributed by atoms with Crippen LogP contribution in [0.3, 0.4) is 0 Å². The van der Waals surface area contributed by atoms with E-state index in [2.05, 4.69) is 0 Å². The molecule has 0 N–H and O–H groups in total. The monoisotopic (exact) mass is 256 g/mol. The van der Waals surface area contributed by atoms with Crippen LogP contribution in [0, 0.1) is 36.6 Å². The van der Waals surface area contributed by atoms with Gasteiger partial charge in [-0.05, 0) is 0 Å². The van der Waals surface area contributed by atoms with Gasteiger partial charge in [-0.2, -0.15) is 0 Å². The molecule has 0 fully saturated rings. The van der Waals surface area contributed by atoms with Gasteiger partial charge in [0.1, 0.15) is 0 Å². The SMILES string of the molecule is O=[C]([Tb])C(F)(F)F. The van der Waals surface area contributed by atoms with E-state index in [4.69, 9.17) is 0 Å². The van der Waals surface area contributed by atoms with Crippen LogP contribution in [0.25, 0.3) is 0 Å². The fourth-order valence-corrected chi connectivity index (χ4v) is 0. The molecule has 1 nitrogen and oxygen atoms in total. The number of carbonyl (C=O) groups excluding carboxylic acids is 1. The van der Waals surface area contributed by atoms with Crippen LogP contribution < -0.4 is 0 Å². The summed E-state index contributed by atoms with van der Waals surface area (Å²) in [6.07, 6.45) is -4.64. The molecule has 0 aliphatic rings. The summed E-state index contributed by atoms with van der Waals surface area (Å²) >= 11 is 0.486. The van der Waals surface area contributed by atoms with Crippen LogP contribution in [0.1, 0.15) is 0 Å². The van der Waals surface area contributed by atoms with Gasteiger partial charge in [-0.15, -0.1) is 0 Å². The average molecular weight is 256 g/mol. The van der Waals surface area contributed by atoms with Gasteiger partial charge >= 0.3 is 62.5 Å². The molecular formula is C2F3OTb. The molecule has 0 bridgehead atoms. The average Bonchev–Trinajstić information content (AvgIpc) is 1.31. The van der Waals surface area contributed by atoms with Crippen molar-refractivity contribution in [2.75, 3.05) is 0 Å². The van der Waals surface area contributed by atoms with Crippen molar-refractivity contribution >= 4 is 1.75 Å². The Bertz CT molecular complexity index is 85.4. The van der Waals surface area contributed by atoms with E-state index >= 15 is 0 Å². The number of rotatable bonds is 0. The van der Waals surface area contributed by atoms with E-state index in [0.717, 1.165) is 0 Å². The summed E-state index contributed by atoms with van der Waals surface area (Å²) in [5.41, 5.74) is 0. The zero-order valence-corrected chi connectivity index (χ0v) is 5.01. The summed E-state index contributed by atoms with van der Waals surface area (Å²) in [6.45, 7) is 0. The molecule has 44 valence electrons. The Morgan fingerprint density at radius 1 is 1.43 bits per heavy atom. The first kappa shape index (κ1) is 7.75. The van der Waals surface area contributed by atoms with Gasteiger partial charge in [-0.25, -0.2) is 0 Å². The molecule has 0 atom stereocenters. The van der Waals surface area contributed by atoms with Gasteiger partial charge in [0.25, 0.3) is 0 Å². The van der Waals surface area contributed by atoms with Gasteiger partial charge < -0.3 is 0 Å². The van der Waals surface area contributed by atoms with E-state index in [-0.39, 0.29) is 0 Å². The Morgan fingerprint density at radius 3 is 1.57 bits per heavy atom. The van der Waals surface area contributed by atoms with Crippen LogP contribution in [-0.2, 0) is 4.79 Å². The van der Waals surface area contributed by atoms with E-state index < -0.39 is 7.93 Å². The van der Waals surface area contributed by atoms with Crippen LogP contribution in [0.5, 0.6) is 0 Å². The van der Waals surface area contributed by atoms with E-state index in [1.165, 1.54) is 0 Å². The Hall–Kier alpha value is 0.746. The van der Waals surface area contributed by atoms with Gasteiger partial charge in [-0.3, -0.25) is 0 Å². The van der Waals surface area contributed by atoms with Gasteiger partial charge in [0.05, 0.1) is 0 Å². The van der Waals surface area contributed by atoms with E-state index in [0.29, 0.717) is 36.6 Å². The van der Waals surface area contributed by atoms with Crippen molar-refractivity contribution in [2.24, 2.45) is 0 Å². The van der Waals surface area contributed by atoms with Gasteiger partial charge in [-0.1, -0.05) is 0 Å². The van der Waals surface area contributed by atoms with Crippen molar-refractivity contribution in [2.45, 2.75) is 6.18 Å². The van der Waals surface area contributed by atoms with Crippen LogP contribution in [-0.4, -0.2) is 7.93 Å². The molecule has 0 heterocycles. The van der Waals surface area contributed by atoms with Crippen LogP contribution in [0.15, 0.2) is 0 Å². The molecule has 5 heteroatoms. The summed E-state index contributed by atoms with van der Waals surface area (Å²) in [5, 5.41) is 0. The summed E-state index contributed by atoms with van der Waals surface area (Å²) in [6, 6.07) is 0. The number of halogens is 3. The van der Waals surface area contributed by atoms with Gasteiger partial charge in [0, 0.05) is 0 Å². The van der Waals surface area contributed by atoms with Crippen molar-refractivity contribution < 1.29 is 54.6 Å². The summed E-state index contributed by atoms with van der Waals surface area (Å²) in [7, 11) is 0. The first-order valence-electron chi connectivity index (χ1n) is 1.19. The number of alkyl halides is 3. The second-order valence-corrected chi connectivity index (χ2v) is 1.72. The summed E-state index contributed by atoms with van der Waals surface area (Å²) in [4.78, 5) is 9.34. The molecule has 0 rings (SSSR count). The van der Waals surface area contributed by atoms with Gasteiger partial charge in [0.15, 0.2) is 0 Å². The zero-order valence-electron chi connectivity index (χ0n) is 2.88. The number of hydrogen-bond donors (Lipinski definition) is 0. The molecule has 0 aromatic heterocycles. The van der Waals surface area contributed by atoms with Crippen molar-refractivity contribution in [1.29, 1.82) is 0 Å². The van der Waals surface area contributed by atoms with E-state index in [1.54, 1.807) is 0 Å². The Kier molecular flexibility index (Phi) is 2.59. The predicted molar refractivity (Wildman–Crippen MR) is 11.1 cm³/mol. The molecule has 0 amide bonds. The van der Waals surface area contributed by atoms with Crippen molar-refractivity contribution in [3.8, 4) is 0 Å². The first-order valence-corrected chi connectivity index (χ1v) is 2.26. The Balaban J connectivity index is 3.79. The third kappa shape index (κ3) is 3.34. The second-order valence-electron chi connectivity index (χ2n) is 0.751. The molecule has 0 spiro atoms. The molecule has 0 unspecified atom stereocenters. The fourth-order valence-electron chi connectivity index (χ4n) is 0. The normalized spacial score (nSPS) is 11.6. The standard InChI is InChI=1S/C2F3O.Tb/c3-2(4,5)1-6;. The topological polar surface area (TPSA) is 17.1 Å². The third-order valence-electron chi connectivity index (χ3n) is 0.210. The minimum atomic E-state index is -4.64. The van der Waals surface area contributed by atoms with Crippen molar-refractivity contribution in [1.82, 2.24) is 0 Å². The molecule has 7 heavy (non-hydrogen) atoms. The maximum absolute atomic E-state index is 10.8.